The normalized spacial score (nSPS) is 10.3. The van der Waals surface area contributed by atoms with Crippen molar-refractivity contribution in [1.82, 2.24) is 14.7 Å². The van der Waals surface area contributed by atoms with Crippen molar-refractivity contribution in [1.29, 1.82) is 0 Å². The van der Waals surface area contributed by atoms with E-state index in [0.29, 0.717) is 5.69 Å². The van der Waals surface area contributed by atoms with Crippen molar-refractivity contribution in [3.8, 4) is 5.69 Å². The lowest BCUT2D eigenvalue weighted by Gasteiger charge is -2.09. The van der Waals surface area contributed by atoms with Crippen LogP contribution in [0.3, 0.4) is 0 Å². The molecule has 104 valence electrons. The van der Waals surface area contributed by atoms with Gasteiger partial charge in [0.2, 0.25) is 0 Å². The van der Waals surface area contributed by atoms with Gasteiger partial charge in [0.15, 0.2) is 0 Å². The molecule has 0 aliphatic heterocycles. The Hall–Kier alpha value is -2.41. The number of non-ortho nitro benzene ring substituents is 1. The molecule has 8 heteroatoms. The molecule has 0 fully saturated rings. The van der Waals surface area contributed by atoms with Gasteiger partial charge in [-0.05, 0) is 12.1 Å². The minimum Gasteiger partial charge on any atom is -0.345 e. The number of carbonyl (C=O) groups is 1. The maximum atomic E-state index is 11.9. The summed E-state index contributed by atoms with van der Waals surface area (Å²) in [4.78, 5) is 23.3. The topological polar surface area (TPSA) is 81.3 Å². The molecule has 2 aromatic rings. The summed E-state index contributed by atoms with van der Waals surface area (Å²) in [5.41, 5.74) is 0.787. The highest BCUT2D eigenvalue weighted by Gasteiger charge is 2.18. The summed E-state index contributed by atoms with van der Waals surface area (Å²) in [6, 6.07) is 5.73. The van der Waals surface area contributed by atoms with Crippen LogP contribution in [-0.4, -0.2) is 39.6 Å². The summed E-state index contributed by atoms with van der Waals surface area (Å²) in [6.07, 6.45) is 1.37. The van der Waals surface area contributed by atoms with Crippen LogP contribution in [0.25, 0.3) is 5.69 Å². The minimum absolute atomic E-state index is 0.0263. The summed E-state index contributed by atoms with van der Waals surface area (Å²) in [6.45, 7) is 0. The molecular formula is C12H11ClN4O3. The number of aromatic nitrogens is 2. The number of amides is 1. The van der Waals surface area contributed by atoms with Crippen LogP contribution in [0.4, 0.5) is 5.69 Å². The third-order valence-electron chi connectivity index (χ3n) is 2.65. The Morgan fingerprint density at radius 2 is 1.95 bits per heavy atom. The van der Waals surface area contributed by atoms with Gasteiger partial charge in [0.25, 0.3) is 11.6 Å². The Kier molecular flexibility index (Phi) is 3.71. The fourth-order valence-corrected chi connectivity index (χ4v) is 1.88. The molecule has 20 heavy (non-hydrogen) atoms. The first kappa shape index (κ1) is 14.0. The molecule has 0 spiro atoms. The summed E-state index contributed by atoms with van der Waals surface area (Å²) in [5.74, 6) is -0.261. The summed E-state index contributed by atoms with van der Waals surface area (Å²) in [5, 5.41) is 14.8. The van der Waals surface area contributed by atoms with Gasteiger partial charge in [-0.15, -0.1) is 0 Å². The van der Waals surface area contributed by atoms with E-state index < -0.39 is 4.92 Å². The van der Waals surface area contributed by atoms with E-state index in [1.165, 1.54) is 40.0 Å². The molecule has 0 aliphatic rings. The highest BCUT2D eigenvalue weighted by atomic mass is 35.5. The van der Waals surface area contributed by atoms with Crippen LogP contribution in [-0.2, 0) is 0 Å². The van der Waals surface area contributed by atoms with Crippen LogP contribution in [0.5, 0.6) is 0 Å². The summed E-state index contributed by atoms with van der Waals surface area (Å²) < 4.78 is 1.35. The van der Waals surface area contributed by atoms with Crippen molar-refractivity contribution < 1.29 is 9.72 Å². The Morgan fingerprint density at radius 1 is 1.35 bits per heavy atom. The highest BCUT2D eigenvalue weighted by molar-refractivity contribution is 6.33. The fourth-order valence-electron chi connectivity index (χ4n) is 1.61. The number of nitro groups is 1. The van der Waals surface area contributed by atoms with Crippen molar-refractivity contribution >= 4 is 23.2 Å². The number of hydrogen-bond donors (Lipinski definition) is 0. The zero-order valence-corrected chi connectivity index (χ0v) is 11.5. The van der Waals surface area contributed by atoms with Gasteiger partial charge >= 0.3 is 0 Å². The number of nitro benzene ring substituents is 1. The number of carbonyl (C=O) groups excluding carboxylic acids is 1. The zero-order valence-electron chi connectivity index (χ0n) is 10.8. The van der Waals surface area contributed by atoms with Crippen LogP contribution < -0.4 is 0 Å². The lowest BCUT2D eigenvalue weighted by Crippen LogP contribution is -2.21. The average Bonchev–Trinajstić information content (AvgIpc) is 2.79. The number of hydrogen-bond acceptors (Lipinski definition) is 4. The quantitative estimate of drug-likeness (QED) is 0.641. The molecule has 0 unspecified atom stereocenters. The third-order valence-corrected chi connectivity index (χ3v) is 3.02. The first-order valence-electron chi connectivity index (χ1n) is 5.62. The Bertz CT molecular complexity index is 664. The van der Waals surface area contributed by atoms with Crippen molar-refractivity contribution in [2.45, 2.75) is 0 Å². The smallest absolute Gasteiger partial charge is 0.269 e. The molecule has 0 bridgehead atoms. The molecule has 0 radical (unpaired) electrons. The summed E-state index contributed by atoms with van der Waals surface area (Å²) in [7, 11) is 3.23. The molecule has 1 aromatic heterocycles. The fraction of sp³-hybridized carbons (Fsp3) is 0.167. The first-order valence-corrected chi connectivity index (χ1v) is 5.99. The Morgan fingerprint density at radius 3 is 2.45 bits per heavy atom. The van der Waals surface area contributed by atoms with Crippen LogP contribution in [0.1, 0.15) is 10.4 Å². The molecule has 1 amide bonds. The minimum atomic E-state index is -0.491. The molecule has 0 aliphatic carbocycles. The van der Waals surface area contributed by atoms with Gasteiger partial charge in [-0.25, -0.2) is 4.68 Å². The second kappa shape index (κ2) is 5.30. The largest absolute Gasteiger partial charge is 0.345 e. The van der Waals surface area contributed by atoms with E-state index >= 15 is 0 Å². The van der Waals surface area contributed by atoms with E-state index in [1.54, 1.807) is 14.1 Å². The van der Waals surface area contributed by atoms with Crippen molar-refractivity contribution in [3.63, 3.8) is 0 Å². The van der Waals surface area contributed by atoms with E-state index in [9.17, 15) is 14.9 Å². The number of benzene rings is 1. The van der Waals surface area contributed by atoms with Crippen LogP contribution >= 0.6 is 11.6 Å². The lowest BCUT2D eigenvalue weighted by atomic mass is 10.3. The van der Waals surface area contributed by atoms with Crippen molar-refractivity contribution in [2.75, 3.05) is 14.1 Å². The van der Waals surface area contributed by atoms with Crippen molar-refractivity contribution in [2.24, 2.45) is 0 Å². The van der Waals surface area contributed by atoms with Gasteiger partial charge in [0.05, 0.1) is 22.4 Å². The lowest BCUT2D eigenvalue weighted by molar-refractivity contribution is -0.384. The van der Waals surface area contributed by atoms with Gasteiger partial charge in [-0.3, -0.25) is 14.9 Å². The maximum Gasteiger partial charge on any atom is 0.269 e. The molecule has 0 saturated heterocycles. The van der Waals surface area contributed by atoms with Gasteiger partial charge in [0.1, 0.15) is 5.15 Å². The summed E-state index contributed by atoms with van der Waals surface area (Å²) >= 11 is 6.12. The van der Waals surface area contributed by atoms with E-state index in [0.717, 1.165) is 0 Å². The van der Waals surface area contributed by atoms with Gasteiger partial charge in [-0.1, -0.05) is 11.6 Å². The second-order valence-corrected chi connectivity index (χ2v) is 4.59. The van der Waals surface area contributed by atoms with E-state index in [4.69, 9.17) is 11.6 Å². The molecular weight excluding hydrogens is 284 g/mol. The number of nitrogens with zero attached hydrogens (tertiary/aromatic N) is 4. The van der Waals surface area contributed by atoms with Gasteiger partial charge in [-0.2, -0.15) is 5.10 Å². The highest BCUT2D eigenvalue weighted by Crippen LogP contribution is 2.22. The predicted octanol–water partition coefficient (Wildman–Crippen LogP) is 2.14. The van der Waals surface area contributed by atoms with Crippen LogP contribution in [0.15, 0.2) is 30.5 Å². The van der Waals surface area contributed by atoms with E-state index in [-0.39, 0.29) is 22.3 Å². The molecule has 1 heterocycles. The molecule has 0 N–H and O–H groups in total. The maximum absolute atomic E-state index is 11.9. The monoisotopic (exact) mass is 294 g/mol. The predicted molar refractivity (Wildman–Crippen MR) is 73.2 cm³/mol. The average molecular weight is 295 g/mol. The molecule has 0 saturated carbocycles. The van der Waals surface area contributed by atoms with Crippen LogP contribution in [0, 0.1) is 10.1 Å². The Balaban J connectivity index is 2.39. The Labute approximate surface area is 119 Å². The van der Waals surface area contributed by atoms with Crippen molar-refractivity contribution in [3.05, 3.63) is 51.3 Å². The second-order valence-electron chi connectivity index (χ2n) is 4.23. The van der Waals surface area contributed by atoms with Gasteiger partial charge in [0, 0.05) is 26.2 Å². The zero-order chi connectivity index (χ0) is 14.9. The van der Waals surface area contributed by atoms with Crippen LogP contribution in [0.2, 0.25) is 5.15 Å². The molecule has 2 rings (SSSR count). The molecule has 0 atom stereocenters. The third kappa shape index (κ3) is 2.48. The van der Waals surface area contributed by atoms with E-state index in [1.807, 2.05) is 0 Å². The SMILES string of the molecule is CN(C)C(=O)c1cnn(-c2ccc([N+](=O)[O-])cc2)c1Cl. The van der Waals surface area contributed by atoms with E-state index in [2.05, 4.69) is 5.10 Å². The number of halogens is 1. The number of rotatable bonds is 3. The molecule has 1 aromatic carbocycles. The molecule has 7 nitrogen and oxygen atoms in total. The standard InChI is InChI=1S/C12H11ClN4O3/c1-15(2)12(18)10-7-14-16(11(10)13)8-3-5-9(6-4-8)17(19)20/h3-7H,1-2H3. The first-order chi connectivity index (χ1) is 9.41. The van der Waals surface area contributed by atoms with Gasteiger partial charge < -0.3 is 4.90 Å².